The van der Waals surface area contributed by atoms with Gasteiger partial charge in [0.2, 0.25) is 0 Å². The van der Waals surface area contributed by atoms with Crippen LogP contribution in [0.2, 0.25) is 0 Å². The summed E-state index contributed by atoms with van der Waals surface area (Å²) in [6.07, 6.45) is 7.73. The molecule has 1 amide bonds. The molecule has 1 heterocycles. The molecule has 1 rings (SSSR count). The van der Waals surface area contributed by atoms with E-state index in [1.54, 1.807) is 18.2 Å². The van der Waals surface area contributed by atoms with E-state index in [0.29, 0.717) is 5.92 Å². The summed E-state index contributed by atoms with van der Waals surface area (Å²) in [7, 11) is 1.76. The molecule has 0 atom stereocenters. The lowest BCUT2D eigenvalue weighted by Crippen LogP contribution is -2.41. The van der Waals surface area contributed by atoms with Crippen LogP contribution in [-0.4, -0.2) is 42.9 Å². The first-order valence-corrected chi connectivity index (χ1v) is 6.49. The van der Waals surface area contributed by atoms with Crippen LogP contribution in [0.15, 0.2) is 17.1 Å². The molecule has 18 heavy (non-hydrogen) atoms. The quantitative estimate of drug-likeness (QED) is 0.709. The standard InChI is InChI=1S/C14H24N2O2/c1-14(2,3)18-13(17)16-10-7-12(8-11-16)6-5-9-15-4/h5-6,9,12H,7-8,10-11H2,1-4H3/b6-5+,15-9-. The number of amides is 1. The summed E-state index contributed by atoms with van der Waals surface area (Å²) in [6.45, 7) is 7.22. The van der Waals surface area contributed by atoms with E-state index in [9.17, 15) is 4.79 Å². The maximum atomic E-state index is 11.8. The summed E-state index contributed by atoms with van der Waals surface area (Å²) < 4.78 is 5.36. The van der Waals surface area contributed by atoms with Crippen LogP contribution in [0.1, 0.15) is 33.6 Å². The lowest BCUT2D eigenvalue weighted by molar-refractivity contribution is 0.0197. The summed E-state index contributed by atoms with van der Waals surface area (Å²) in [6, 6.07) is 0. The van der Waals surface area contributed by atoms with Gasteiger partial charge in [0.05, 0.1) is 0 Å². The molecule has 1 aliphatic rings. The minimum absolute atomic E-state index is 0.194. The van der Waals surface area contributed by atoms with Crippen LogP contribution in [0.25, 0.3) is 0 Å². The fourth-order valence-corrected chi connectivity index (χ4v) is 1.89. The molecule has 0 bridgehead atoms. The molecule has 4 nitrogen and oxygen atoms in total. The molecule has 0 N–H and O–H groups in total. The van der Waals surface area contributed by atoms with Gasteiger partial charge in [-0.05, 0) is 45.6 Å². The van der Waals surface area contributed by atoms with Crippen molar-refractivity contribution in [2.45, 2.75) is 39.2 Å². The van der Waals surface area contributed by atoms with Crippen LogP contribution in [-0.2, 0) is 4.74 Å². The van der Waals surface area contributed by atoms with E-state index in [-0.39, 0.29) is 6.09 Å². The predicted molar refractivity (Wildman–Crippen MR) is 74.1 cm³/mol. The van der Waals surface area contributed by atoms with Crippen LogP contribution < -0.4 is 0 Å². The van der Waals surface area contributed by atoms with Crippen LogP contribution in [0.3, 0.4) is 0 Å². The number of carbonyl (C=O) groups excluding carboxylic acids is 1. The number of rotatable bonds is 2. The smallest absolute Gasteiger partial charge is 0.410 e. The number of piperidine rings is 1. The molecule has 0 unspecified atom stereocenters. The molecule has 1 aliphatic heterocycles. The van der Waals surface area contributed by atoms with Crippen molar-refractivity contribution < 1.29 is 9.53 Å². The fraction of sp³-hybridized carbons (Fsp3) is 0.714. The third kappa shape index (κ3) is 5.34. The molecule has 0 saturated carbocycles. The molecule has 4 heteroatoms. The Labute approximate surface area is 110 Å². The van der Waals surface area contributed by atoms with Crippen molar-refractivity contribution in [3.8, 4) is 0 Å². The van der Waals surface area contributed by atoms with Crippen molar-refractivity contribution >= 4 is 12.3 Å². The molecule has 0 aromatic carbocycles. The Kier molecular flexibility index (Phi) is 5.38. The summed E-state index contributed by atoms with van der Waals surface area (Å²) >= 11 is 0. The van der Waals surface area contributed by atoms with Crippen LogP contribution >= 0.6 is 0 Å². The number of nitrogens with zero attached hydrogens (tertiary/aromatic N) is 2. The molecular formula is C14H24N2O2. The Hall–Kier alpha value is -1.32. The summed E-state index contributed by atoms with van der Waals surface area (Å²) in [5, 5.41) is 0. The highest BCUT2D eigenvalue weighted by atomic mass is 16.6. The highest BCUT2D eigenvalue weighted by Crippen LogP contribution is 2.20. The Morgan fingerprint density at radius 3 is 2.44 bits per heavy atom. The zero-order chi connectivity index (χ0) is 13.6. The predicted octanol–water partition coefficient (Wildman–Crippen LogP) is 2.89. The van der Waals surface area contributed by atoms with E-state index in [4.69, 9.17) is 4.74 Å². The largest absolute Gasteiger partial charge is 0.444 e. The van der Waals surface area contributed by atoms with Gasteiger partial charge in [0, 0.05) is 26.4 Å². The van der Waals surface area contributed by atoms with Crippen molar-refractivity contribution in [3.05, 3.63) is 12.2 Å². The summed E-state index contributed by atoms with van der Waals surface area (Å²) in [5.74, 6) is 0.543. The zero-order valence-electron chi connectivity index (χ0n) is 11.8. The van der Waals surface area contributed by atoms with Gasteiger partial charge in [-0.15, -0.1) is 0 Å². The lowest BCUT2D eigenvalue weighted by atomic mass is 9.97. The third-order valence-corrected chi connectivity index (χ3v) is 2.81. The second-order valence-electron chi connectivity index (χ2n) is 5.60. The Balaban J connectivity index is 2.37. The van der Waals surface area contributed by atoms with E-state index in [2.05, 4.69) is 11.1 Å². The van der Waals surface area contributed by atoms with E-state index in [1.807, 2.05) is 26.8 Å². The average molecular weight is 252 g/mol. The first kappa shape index (κ1) is 14.7. The van der Waals surface area contributed by atoms with Crippen molar-refractivity contribution in [1.82, 2.24) is 4.90 Å². The Morgan fingerprint density at radius 1 is 1.33 bits per heavy atom. The number of hydrogen-bond donors (Lipinski definition) is 0. The van der Waals surface area contributed by atoms with Gasteiger partial charge < -0.3 is 9.64 Å². The van der Waals surface area contributed by atoms with Crippen molar-refractivity contribution in [2.24, 2.45) is 10.9 Å². The molecule has 0 aromatic heterocycles. The lowest BCUT2D eigenvalue weighted by Gasteiger charge is -2.32. The number of allylic oxidation sites excluding steroid dienone is 2. The summed E-state index contributed by atoms with van der Waals surface area (Å²) in [5.41, 5.74) is -0.411. The van der Waals surface area contributed by atoms with E-state index >= 15 is 0 Å². The van der Waals surface area contributed by atoms with Gasteiger partial charge >= 0.3 is 6.09 Å². The van der Waals surface area contributed by atoms with Crippen LogP contribution in [0.4, 0.5) is 4.79 Å². The molecular weight excluding hydrogens is 228 g/mol. The molecule has 0 aliphatic carbocycles. The SMILES string of the molecule is C/N=C\C=C\C1CCN(C(=O)OC(C)(C)C)CC1. The van der Waals surface area contributed by atoms with Crippen molar-refractivity contribution in [2.75, 3.05) is 20.1 Å². The highest BCUT2D eigenvalue weighted by Gasteiger charge is 2.25. The number of aliphatic imine (C=N–C) groups is 1. The van der Waals surface area contributed by atoms with Gasteiger partial charge in [-0.25, -0.2) is 4.79 Å². The second kappa shape index (κ2) is 6.57. The minimum atomic E-state index is -0.411. The van der Waals surface area contributed by atoms with E-state index in [1.165, 1.54) is 0 Å². The van der Waals surface area contributed by atoms with Crippen LogP contribution in [0, 0.1) is 5.92 Å². The topological polar surface area (TPSA) is 41.9 Å². The van der Waals surface area contributed by atoms with Gasteiger partial charge in [-0.1, -0.05) is 6.08 Å². The fourth-order valence-electron chi connectivity index (χ4n) is 1.89. The molecule has 0 aromatic rings. The molecule has 0 spiro atoms. The molecule has 0 radical (unpaired) electrons. The van der Waals surface area contributed by atoms with Crippen LogP contribution in [0.5, 0.6) is 0 Å². The maximum Gasteiger partial charge on any atom is 0.410 e. The van der Waals surface area contributed by atoms with Gasteiger partial charge in [-0.3, -0.25) is 4.99 Å². The highest BCUT2D eigenvalue weighted by molar-refractivity contribution is 5.70. The number of likely N-dealkylation sites (tertiary alicyclic amines) is 1. The Bertz CT molecular complexity index is 321. The van der Waals surface area contributed by atoms with Gasteiger partial charge in [0.15, 0.2) is 0 Å². The maximum absolute atomic E-state index is 11.8. The second-order valence-corrected chi connectivity index (χ2v) is 5.60. The van der Waals surface area contributed by atoms with Crippen molar-refractivity contribution in [1.29, 1.82) is 0 Å². The minimum Gasteiger partial charge on any atom is -0.444 e. The van der Waals surface area contributed by atoms with Gasteiger partial charge in [-0.2, -0.15) is 0 Å². The summed E-state index contributed by atoms with van der Waals surface area (Å²) in [4.78, 5) is 17.5. The molecule has 1 saturated heterocycles. The molecule has 102 valence electrons. The number of carbonyl (C=O) groups is 1. The van der Waals surface area contributed by atoms with Gasteiger partial charge in [0.25, 0.3) is 0 Å². The first-order chi connectivity index (χ1) is 8.42. The van der Waals surface area contributed by atoms with E-state index < -0.39 is 5.60 Å². The Morgan fingerprint density at radius 2 is 1.94 bits per heavy atom. The normalized spacial score (nSPS) is 18.8. The molecule has 1 fully saturated rings. The zero-order valence-corrected chi connectivity index (χ0v) is 11.8. The first-order valence-electron chi connectivity index (χ1n) is 6.49. The van der Waals surface area contributed by atoms with Crippen molar-refractivity contribution in [3.63, 3.8) is 0 Å². The monoisotopic (exact) mass is 252 g/mol. The third-order valence-electron chi connectivity index (χ3n) is 2.81. The number of hydrogen-bond acceptors (Lipinski definition) is 3. The van der Waals surface area contributed by atoms with E-state index in [0.717, 1.165) is 25.9 Å². The number of ether oxygens (including phenoxy) is 1. The van der Waals surface area contributed by atoms with Gasteiger partial charge in [0.1, 0.15) is 5.60 Å². The average Bonchev–Trinajstić information content (AvgIpc) is 2.28.